The minimum absolute atomic E-state index is 0.242. The maximum atomic E-state index is 12.6. The zero-order valence-corrected chi connectivity index (χ0v) is 16.5. The van der Waals surface area contributed by atoms with E-state index < -0.39 is 0 Å². The van der Waals surface area contributed by atoms with Crippen molar-refractivity contribution in [2.45, 2.75) is 13.8 Å². The standard InChI is InChI=1S/C21H23N7O/c1-15-4-5-17(14-16(15)2)25-19(29)18-6-9-24-21(26-18)28-12-10-27(11-13-28)20-22-7-3-8-23-20/h3-9,14H,10-13H2,1-2H3,(H,25,29). The molecule has 1 aromatic carbocycles. The van der Waals surface area contributed by atoms with Crippen LogP contribution in [-0.4, -0.2) is 52.0 Å². The maximum Gasteiger partial charge on any atom is 0.274 e. The van der Waals surface area contributed by atoms with Crippen LogP contribution in [0.25, 0.3) is 0 Å². The van der Waals surface area contributed by atoms with E-state index in [1.807, 2.05) is 38.1 Å². The monoisotopic (exact) mass is 389 g/mol. The first kappa shape index (κ1) is 18.8. The number of anilines is 3. The second-order valence-electron chi connectivity index (χ2n) is 7.02. The fraction of sp³-hybridized carbons (Fsp3) is 0.286. The van der Waals surface area contributed by atoms with Gasteiger partial charge in [-0.2, -0.15) is 0 Å². The van der Waals surface area contributed by atoms with Crippen molar-refractivity contribution in [2.24, 2.45) is 0 Å². The number of carbonyl (C=O) groups excluding carboxylic acids is 1. The molecule has 2 aromatic heterocycles. The summed E-state index contributed by atoms with van der Waals surface area (Å²) in [5.74, 6) is 1.05. The van der Waals surface area contributed by atoms with E-state index in [4.69, 9.17) is 0 Å². The molecular weight excluding hydrogens is 366 g/mol. The summed E-state index contributed by atoms with van der Waals surface area (Å²) in [6, 6.07) is 9.29. The van der Waals surface area contributed by atoms with Crippen LogP contribution in [0.15, 0.2) is 48.9 Å². The minimum atomic E-state index is -0.242. The molecule has 4 rings (SSSR count). The first-order chi connectivity index (χ1) is 14.1. The molecule has 29 heavy (non-hydrogen) atoms. The molecule has 3 heterocycles. The van der Waals surface area contributed by atoms with Gasteiger partial charge in [-0.05, 0) is 49.2 Å². The van der Waals surface area contributed by atoms with Gasteiger partial charge in [0.2, 0.25) is 11.9 Å². The molecule has 0 saturated carbocycles. The minimum Gasteiger partial charge on any atom is -0.337 e. The largest absolute Gasteiger partial charge is 0.337 e. The third-order valence-corrected chi connectivity index (χ3v) is 5.04. The molecule has 0 atom stereocenters. The summed E-state index contributed by atoms with van der Waals surface area (Å²) in [5, 5.41) is 2.91. The van der Waals surface area contributed by atoms with Crippen molar-refractivity contribution in [2.75, 3.05) is 41.3 Å². The fourth-order valence-electron chi connectivity index (χ4n) is 3.20. The number of aryl methyl sites for hydroxylation is 2. The van der Waals surface area contributed by atoms with Crippen molar-refractivity contribution in [3.63, 3.8) is 0 Å². The van der Waals surface area contributed by atoms with Gasteiger partial charge in [0.05, 0.1) is 0 Å². The van der Waals surface area contributed by atoms with Crippen molar-refractivity contribution in [1.82, 2.24) is 19.9 Å². The van der Waals surface area contributed by atoms with Gasteiger partial charge in [0.1, 0.15) is 5.69 Å². The molecule has 1 aliphatic heterocycles. The molecule has 8 heteroatoms. The number of hydrogen-bond acceptors (Lipinski definition) is 7. The van der Waals surface area contributed by atoms with Crippen LogP contribution in [0, 0.1) is 13.8 Å². The first-order valence-electron chi connectivity index (χ1n) is 9.59. The Morgan fingerprint density at radius 2 is 1.52 bits per heavy atom. The van der Waals surface area contributed by atoms with E-state index in [1.165, 1.54) is 5.56 Å². The molecule has 0 unspecified atom stereocenters. The number of nitrogens with zero attached hydrogens (tertiary/aromatic N) is 6. The Labute approximate surface area is 169 Å². The van der Waals surface area contributed by atoms with Crippen molar-refractivity contribution in [3.8, 4) is 0 Å². The van der Waals surface area contributed by atoms with Crippen molar-refractivity contribution < 1.29 is 4.79 Å². The summed E-state index contributed by atoms with van der Waals surface area (Å²) >= 11 is 0. The van der Waals surface area contributed by atoms with Gasteiger partial charge in [0, 0.05) is 50.5 Å². The van der Waals surface area contributed by atoms with Crippen LogP contribution in [0.5, 0.6) is 0 Å². The number of hydrogen-bond donors (Lipinski definition) is 1. The first-order valence-corrected chi connectivity index (χ1v) is 9.59. The number of benzene rings is 1. The van der Waals surface area contributed by atoms with Crippen LogP contribution < -0.4 is 15.1 Å². The molecule has 0 bridgehead atoms. The summed E-state index contributed by atoms with van der Waals surface area (Å²) in [5.41, 5.74) is 3.43. The lowest BCUT2D eigenvalue weighted by Gasteiger charge is -2.34. The zero-order chi connectivity index (χ0) is 20.2. The highest BCUT2D eigenvalue weighted by atomic mass is 16.1. The van der Waals surface area contributed by atoms with Crippen molar-refractivity contribution in [3.05, 3.63) is 65.7 Å². The molecule has 0 spiro atoms. The molecule has 1 N–H and O–H groups in total. The van der Waals surface area contributed by atoms with Crippen LogP contribution in [0.2, 0.25) is 0 Å². The van der Waals surface area contributed by atoms with E-state index >= 15 is 0 Å². The summed E-state index contributed by atoms with van der Waals surface area (Å²) in [6.07, 6.45) is 5.12. The third-order valence-electron chi connectivity index (χ3n) is 5.04. The molecule has 1 aliphatic rings. The summed E-state index contributed by atoms with van der Waals surface area (Å²) in [6.45, 7) is 7.08. The van der Waals surface area contributed by atoms with E-state index in [9.17, 15) is 4.79 Å². The second kappa shape index (κ2) is 8.22. The van der Waals surface area contributed by atoms with Crippen LogP contribution in [0.4, 0.5) is 17.6 Å². The Hall–Kier alpha value is -3.55. The Kier molecular flexibility index (Phi) is 5.33. The number of carbonyl (C=O) groups is 1. The average molecular weight is 389 g/mol. The molecule has 1 fully saturated rings. The topological polar surface area (TPSA) is 87.1 Å². The number of nitrogens with one attached hydrogen (secondary N) is 1. The smallest absolute Gasteiger partial charge is 0.274 e. The average Bonchev–Trinajstić information content (AvgIpc) is 2.77. The Balaban J connectivity index is 1.42. The van der Waals surface area contributed by atoms with Gasteiger partial charge in [-0.1, -0.05) is 6.07 Å². The molecule has 0 radical (unpaired) electrons. The molecular formula is C21H23N7O. The number of amides is 1. The van der Waals surface area contributed by atoms with Gasteiger partial charge in [0.15, 0.2) is 0 Å². The highest BCUT2D eigenvalue weighted by molar-refractivity contribution is 6.03. The van der Waals surface area contributed by atoms with Gasteiger partial charge in [0.25, 0.3) is 5.91 Å². The quantitative estimate of drug-likeness (QED) is 0.733. The fourth-order valence-corrected chi connectivity index (χ4v) is 3.20. The molecule has 148 valence electrons. The lowest BCUT2D eigenvalue weighted by atomic mass is 10.1. The lowest BCUT2D eigenvalue weighted by molar-refractivity contribution is 0.102. The van der Waals surface area contributed by atoms with Gasteiger partial charge in [-0.15, -0.1) is 0 Å². The molecule has 0 aliphatic carbocycles. The van der Waals surface area contributed by atoms with Gasteiger partial charge in [-0.25, -0.2) is 19.9 Å². The van der Waals surface area contributed by atoms with Crippen molar-refractivity contribution in [1.29, 1.82) is 0 Å². The van der Waals surface area contributed by atoms with Crippen LogP contribution in [0.3, 0.4) is 0 Å². The van der Waals surface area contributed by atoms with Crippen LogP contribution in [0.1, 0.15) is 21.6 Å². The van der Waals surface area contributed by atoms with Gasteiger partial charge in [-0.3, -0.25) is 4.79 Å². The van der Waals surface area contributed by atoms with E-state index in [0.717, 1.165) is 43.4 Å². The van der Waals surface area contributed by atoms with Crippen LogP contribution in [-0.2, 0) is 0 Å². The number of rotatable bonds is 4. The highest BCUT2D eigenvalue weighted by Crippen LogP contribution is 2.17. The lowest BCUT2D eigenvalue weighted by Crippen LogP contribution is -2.47. The predicted octanol–water partition coefficient (Wildman–Crippen LogP) is 2.46. The van der Waals surface area contributed by atoms with Gasteiger partial charge >= 0.3 is 0 Å². The molecule has 8 nitrogen and oxygen atoms in total. The normalized spacial score (nSPS) is 14.0. The number of piperazine rings is 1. The predicted molar refractivity (Wildman–Crippen MR) is 112 cm³/mol. The molecule has 3 aromatic rings. The summed E-state index contributed by atoms with van der Waals surface area (Å²) in [7, 11) is 0. The summed E-state index contributed by atoms with van der Waals surface area (Å²) < 4.78 is 0. The van der Waals surface area contributed by atoms with E-state index in [-0.39, 0.29) is 5.91 Å². The molecule has 1 amide bonds. The molecule has 1 saturated heterocycles. The Bertz CT molecular complexity index is 1000. The summed E-state index contributed by atoms with van der Waals surface area (Å²) in [4.78, 5) is 34.3. The van der Waals surface area contributed by atoms with Crippen LogP contribution >= 0.6 is 0 Å². The van der Waals surface area contributed by atoms with E-state index in [1.54, 1.807) is 24.7 Å². The second-order valence-corrected chi connectivity index (χ2v) is 7.02. The van der Waals surface area contributed by atoms with Gasteiger partial charge < -0.3 is 15.1 Å². The zero-order valence-electron chi connectivity index (χ0n) is 16.5. The third kappa shape index (κ3) is 4.31. The Morgan fingerprint density at radius 3 is 2.21 bits per heavy atom. The highest BCUT2D eigenvalue weighted by Gasteiger charge is 2.21. The van der Waals surface area contributed by atoms with E-state index in [0.29, 0.717) is 11.6 Å². The number of aromatic nitrogens is 4. The maximum absolute atomic E-state index is 12.6. The Morgan fingerprint density at radius 1 is 0.862 bits per heavy atom. The van der Waals surface area contributed by atoms with E-state index in [2.05, 4.69) is 35.1 Å². The SMILES string of the molecule is Cc1ccc(NC(=O)c2ccnc(N3CCN(c4ncccn4)CC3)n2)cc1C. The van der Waals surface area contributed by atoms with Crippen molar-refractivity contribution >= 4 is 23.5 Å².